The average Bonchev–Trinajstić information content (AvgIpc) is 3.45. The van der Waals surface area contributed by atoms with E-state index >= 15 is 0 Å². The van der Waals surface area contributed by atoms with Crippen LogP contribution in [0.2, 0.25) is 0 Å². The summed E-state index contributed by atoms with van der Waals surface area (Å²) in [5, 5.41) is 3.06. The van der Waals surface area contributed by atoms with Gasteiger partial charge in [0.15, 0.2) is 11.6 Å². The average molecular weight is 456 g/mol. The molecule has 1 aromatic heterocycles. The van der Waals surface area contributed by atoms with Crippen molar-refractivity contribution < 1.29 is 9.18 Å². The molecular formula is C24H34FN7O. The highest BCUT2D eigenvalue weighted by atomic mass is 19.1. The minimum absolute atomic E-state index is 0.0877. The van der Waals surface area contributed by atoms with Gasteiger partial charge in [-0.3, -0.25) is 9.89 Å². The largest absolute Gasteiger partial charge is 0.322 e. The maximum Gasteiger partial charge on any atom is 0.321 e. The summed E-state index contributed by atoms with van der Waals surface area (Å²) in [5.74, 6) is 0.688. The van der Waals surface area contributed by atoms with E-state index in [2.05, 4.69) is 57.9 Å². The number of aryl methyl sites for hydroxylation is 1. The van der Waals surface area contributed by atoms with Gasteiger partial charge in [-0.15, -0.1) is 0 Å². The summed E-state index contributed by atoms with van der Waals surface area (Å²) in [7, 11) is 2.21. The van der Waals surface area contributed by atoms with Gasteiger partial charge in [0.25, 0.3) is 0 Å². The lowest BCUT2D eigenvalue weighted by atomic mass is 9.90. The SMILES string of the molecule is Cc1ncc(F)c(NC2=NCC3=C2CN(C(=O)N2CC4(CCCC4)N(C)C[C@@H]2C)C3(C)C)n1. The molecule has 33 heavy (non-hydrogen) atoms. The molecule has 5 rings (SSSR count). The Morgan fingerprint density at radius 1 is 1.27 bits per heavy atom. The van der Waals surface area contributed by atoms with Gasteiger partial charge in [-0.2, -0.15) is 0 Å². The summed E-state index contributed by atoms with van der Waals surface area (Å²) in [5.41, 5.74) is 1.74. The number of piperazine rings is 1. The molecule has 2 amide bonds. The molecule has 2 fully saturated rings. The van der Waals surface area contributed by atoms with Gasteiger partial charge in [0.2, 0.25) is 0 Å². The highest BCUT2D eigenvalue weighted by Crippen LogP contribution is 2.42. The molecule has 1 saturated carbocycles. The van der Waals surface area contributed by atoms with Crippen molar-refractivity contribution in [1.82, 2.24) is 24.7 Å². The van der Waals surface area contributed by atoms with E-state index in [1.807, 2.05) is 4.90 Å². The van der Waals surface area contributed by atoms with Crippen LogP contribution in [0.4, 0.5) is 15.0 Å². The molecule has 1 saturated heterocycles. The van der Waals surface area contributed by atoms with Crippen LogP contribution in [0.3, 0.4) is 0 Å². The number of nitrogens with zero attached hydrogens (tertiary/aromatic N) is 6. The maximum absolute atomic E-state index is 14.3. The van der Waals surface area contributed by atoms with Crippen LogP contribution in [0.25, 0.3) is 0 Å². The Morgan fingerprint density at radius 2 is 2.00 bits per heavy atom. The Kier molecular flexibility index (Phi) is 5.23. The molecule has 4 aliphatic rings. The molecule has 8 nitrogen and oxygen atoms in total. The van der Waals surface area contributed by atoms with Crippen molar-refractivity contribution in [2.24, 2.45) is 4.99 Å². The molecule has 0 aromatic carbocycles. The number of amidine groups is 1. The van der Waals surface area contributed by atoms with Crippen LogP contribution in [-0.4, -0.2) is 86.9 Å². The van der Waals surface area contributed by atoms with E-state index < -0.39 is 11.4 Å². The van der Waals surface area contributed by atoms with Crippen molar-refractivity contribution in [3.63, 3.8) is 0 Å². The minimum Gasteiger partial charge on any atom is -0.322 e. The zero-order valence-corrected chi connectivity index (χ0v) is 20.3. The number of halogens is 1. The first-order valence-corrected chi connectivity index (χ1v) is 12.0. The standard InChI is InChI=1S/C24H34FN7O/c1-15-12-30(5)24(8-6-7-9-24)14-31(15)22(33)32-13-17-18(23(32,3)4)10-27-20(17)29-21-19(25)11-26-16(2)28-21/h11,15H,6-10,12-14H2,1-5H3,(H,26,27,28,29)/t15-/m0/s1. The number of rotatable bonds is 1. The predicted octanol–water partition coefficient (Wildman–Crippen LogP) is 3.21. The summed E-state index contributed by atoms with van der Waals surface area (Å²) in [4.78, 5) is 33.2. The monoisotopic (exact) mass is 455 g/mol. The number of hydrogen-bond acceptors (Lipinski definition) is 6. The van der Waals surface area contributed by atoms with Gasteiger partial charge in [0, 0.05) is 30.2 Å². The summed E-state index contributed by atoms with van der Waals surface area (Å²) >= 11 is 0. The van der Waals surface area contributed by atoms with Crippen molar-refractivity contribution in [3.05, 3.63) is 29.0 Å². The molecule has 1 aliphatic carbocycles. The quantitative estimate of drug-likeness (QED) is 0.704. The second kappa shape index (κ2) is 7.75. The number of carbonyl (C=O) groups excluding carboxylic acids is 1. The van der Waals surface area contributed by atoms with Gasteiger partial charge in [-0.05, 0) is 53.2 Å². The molecule has 1 N–H and O–H groups in total. The van der Waals surface area contributed by atoms with Crippen LogP contribution in [0.1, 0.15) is 52.3 Å². The zero-order valence-electron chi connectivity index (χ0n) is 20.3. The van der Waals surface area contributed by atoms with E-state index in [1.54, 1.807) is 6.92 Å². The number of likely N-dealkylation sites (N-methyl/N-ethyl adjacent to an activating group) is 1. The molecule has 4 heterocycles. The van der Waals surface area contributed by atoms with Gasteiger partial charge >= 0.3 is 6.03 Å². The lowest BCUT2D eigenvalue weighted by molar-refractivity contribution is -0.00351. The fraction of sp³-hybridized carbons (Fsp3) is 0.667. The van der Waals surface area contributed by atoms with E-state index in [4.69, 9.17) is 0 Å². The van der Waals surface area contributed by atoms with Crippen molar-refractivity contribution in [3.8, 4) is 0 Å². The van der Waals surface area contributed by atoms with Crippen molar-refractivity contribution in [2.45, 2.75) is 70.5 Å². The normalized spacial score (nSPS) is 26.2. The Balaban J connectivity index is 1.36. The van der Waals surface area contributed by atoms with Crippen LogP contribution >= 0.6 is 0 Å². The Labute approximate surface area is 195 Å². The highest BCUT2D eigenvalue weighted by molar-refractivity contribution is 6.11. The number of nitrogens with one attached hydrogen (secondary N) is 1. The van der Waals surface area contributed by atoms with Crippen LogP contribution < -0.4 is 5.32 Å². The first-order valence-electron chi connectivity index (χ1n) is 12.0. The highest BCUT2D eigenvalue weighted by Gasteiger charge is 2.50. The summed E-state index contributed by atoms with van der Waals surface area (Å²) < 4.78 is 14.3. The topological polar surface area (TPSA) is 77.0 Å². The van der Waals surface area contributed by atoms with E-state index in [0.29, 0.717) is 24.7 Å². The Hall–Kier alpha value is -2.55. The number of hydrogen-bond donors (Lipinski definition) is 1. The second-order valence-electron chi connectivity index (χ2n) is 10.6. The van der Waals surface area contributed by atoms with Crippen LogP contribution in [0, 0.1) is 12.7 Å². The second-order valence-corrected chi connectivity index (χ2v) is 10.6. The Bertz CT molecular complexity index is 1040. The third kappa shape index (κ3) is 3.52. The molecule has 1 atom stereocenters. The molecule has 0 bridgehead atoms. The van der Waals surface area contributed by atoms with Gasteiger partial charge in [0.1, 0.15) is 11.7 Å². The third-order valence-corrected chi connectivity index (χ3v) is 8.23. The van der Waals surface area contributed by atoms with Gasteiger partial charge in [-0.1, -0.05) is 12.8 Å². The molecular weight excluding hydrogens is 421 g/mol. The Morgan fingerprint density at radius 3 is 2.73 bits per heavy atom. The van der Waals surface area contributed by atoms with Crippen molar-refractivity contribution in [2.75, 3.05) is 38.5 Å². The molecule has 3 aliphatic heterocycles. The number of carbonyl (C=O) groups is 1. The lowest BCUT2D eigenvalue weighted by Crippen LogP contribution is -2.66. The van der Waals surface area contributed by atoms with E-state index in [9.17, 15) is 9.18 Å². The maximum atomic E-state index is 14.3. The lowest BCUT2D eigenvalue weighted by Gasteiger charge is -2.52. The minimum atomic E-state index is -0.518. The molecule has 0 radical (unpaired) electrons. The molecule has 9 heteroatoms. The third-order valence-electron chi connectivity index (χ3n) is 8.23. The first kappa shape index (κ1) is 22.3. The molecule has 0 unspecified atom stereocenters. The molecule has 1 aromatic rings. The van der Waals surface area contributed by atoms with Crippen LogP contribution in [-0.2, 0) is 0 Å². The van der Waals surface area contributed by atoms with Crippen LogP contribution in [0.5, 0.6) is 0 Å². The van der Waals surface area contributed by atoms with Crippen LogP contribution in [0.15, 0.2) is 22.3 Å². The summed E-state index contributed by atoms with van der Waals surface area (Å²) in [6.45, 7) is 10.7. The number of urea groups is 1. The number of aliphatic imine (C=N–C) groups is 1. The number of anilines is 1. The first-order chi connectivity index (χ1) is 15.6. The fourth-order valence-corrected chi connectivity index (χ4v) is 6.09. The summed E-state index contributed by atoms with van der Waals surface area (Å²) in [6.07, 6.45) is 5.94. The molecule has 178 valence electrons. The van der Waals surface area contributed by atoms with Crippen molar-refractivity contribution >= 4 is 17.7 Å². The van der Waals surface area contributed by atoms with E-state index in [1.165, 1.54) is 12.8 Å². The van der Waals surface area contributed by atoms with Gasteiger partial charge in [0.05, 0.1) is 24.8 Å². The van der Waals surface area contributed by atoms with Gasteiger partial charge < -0.3 is 15.1 Å². The molecule has 1 spiro atoms. The fourth-order valence-electron chi connectivity index (χ4n) is 6.09. The van der Waals surface area contributed by atoms with Crippen molar-refractivity contribution in [1.29, 1.82) is 0 Å². The number of amides is 2. The predicted molar refractivity (Wildman–Crippen MR) is 126 cm³/mol. The zero-order chi connectivity index (χ0) is 23.5. The van der Waals surface area contributed by atoms with E-state index in [0.717, 1.165) is 43.3 Å². The smallest absolute Gasteiger partial charge is 0.321 e. The summed E-state index contributed by atoms with van der Waals surface area (Å²) in [6, 6.07) is 0.244. The van der Waals surface area contributed by atoms with Gasteiger partial charge in [-0.25, -0.2) is 19.2 Å². The van der Waals surface area contributed by atoms with E-state index in [-0.39, 0.29) is 23.4 Å². The number of aromatic nitrogens is 2.